The van der Waals surface area contributed by atoms with Gasteiger partial charge in [0, 0.05) is 35.8 Å². The maximum Gasteiger partial charge on any atom is 0.191 e. The molecule has 4 nitrogen and oxygen atoms in total. The number of aliphatic imine (C=N–C) groups is 1. The molecule has 1 aromatic rings. The van der Waals surface area contributed by atoms with Crippen molar-refractivity contribution in [1.82, 2.24) is 15.5 Å². The molecule has 1 aromatic carbocycles. The lowest BCUT2D eigenvalue weighted by Gasteiger charge is -2.26. The monoisotopic (exact) mass is 398 g/mol. The molecule has 1 unspecified atom stereocenters. The first-order chi connectivity index (χ1) is 10.3. The van der Waals surface area contributed by atoms with Crippen molar-refractivity contribution in [1.29, 1.82) is 0 Å². The average Bonchev–Trinajstić information content (AvgIpc) is 2.96. The normalized spacial score (nSPS) is 22.7. The van der Waals surface area contributed by atoms with Crippen molar-refractivity contribution in [3.05, 3.63) is 33.4 Å². The Morgan fingerprint density at radius 1 is 1.29 bits per heavy atom. The molecular weight excluding hydrogens is 375 g/mol. The fourth-order valence-corrected chi connectivity index (χ4v) is 3.38. The number of hydrogen-bond acceptors (Lipinski definition) is 4. The van der Waals surface area contributed by atoms with Gasteiger partial charge in [-0.15, -0.1) is 0 Å². The van der Waals surface area contributed by atoms with E-state index < -0.39 is 0 Å². The Balaban J connectivity index is 1.52. The summed E-state index contributed by atoms with van der Waals surface area (Å²) < 4.78 is 1.30. The maximum absolute atomic E-state index is 4.48. The Bertz CT molecular complexity index is 486. The highest BCUT2D eigenvalue weighted by Crippen LogP contribution is 2.20. The molecule has 0 amide bonds. The largest absolute Gasteiger partial charge is 0.356 e. The molecule has 0 saturated carbocycles. The van der Waals surface area contributed by atoms with Crippen LogP contribution in [0.3, 0.4) is 0 Å². The van der Waals surface area contributed by atoms with Gasteiger partial charge in [0.25, 0.3) is 0 Å². The van der Waals surface area contributed by atoms with Crippen molar-refractivity contribution in [3.63, 3.8) is 0 Å². The van der Waals surface area contributed by atoms with Crippen molar-refractivity contribution >= 4 is 28.6 Å². The third kappa shape index (κ3) is 4.32. The van der Waals surface area contributed by atoms with E-state index in [4.69, 9.17) is 0 Å². The van der Waals surface area contributed by atoms with E-state index in [0.29, 0.717) is 6.04 Å². The smallest absolute Gasteiger partial charge is 0.191 e. The van der Waals surface area contributed by atoms with E-state index in [2.05, 4.69) is 67.4 Å². The summed E-state index contributed by atoms with van der Waals surface area (Å²) in [6.07, 6.45) is 3.73. The Morgan fingerprint density at radius 2 is 2.14 bits per heavy atom. The molecule has 114 valence electrons. The Morgan fingerprint density at radius 3 is 2.90 bits per heavy atom. The molecule has 2 heterocycles. The third-order valence-electron chi connectivity index (χ3n) is 4.20. The molecule has 0 radical (unpaired) electrons. The van der Waals surface area contributed by atoms with Gasteiger partial charge < -0.3 is 10.6 Å². The van der Waals surface area contributed by atoms with Crippen molar-refractivity contribution in [2.45, 2.75) is 31.8 Å². The number of halogens is 1. The van der Waals surface area contributed by atoms with Crippen molar-refractivity contribution in [2.75, 3.05) is 26.2 Å². The van der Waals surface area contributed by atoms with E-state index in [0.717, 1.165) is 38.6 Å². The minimum absolute atomic E-state index is 0.621. The molecule has 3 rings (SSSR count). The first kappa shape index (κ1) is 15.1. The molecule has 1 fully saturated rings. The second kappa shape index (κ2) is 7.45. The van der Waals surface area contributed by atoms with Crippen molar-refractivity contribution < 1.29 is 0 Å². The van der Waals surface area contributed by atoms with Crippen LogP contribution in [-0.4, -0.2) is 43.1 Å². The van der Waals surface area contributed by atoms with Crippen LogP contribution in [0.5, 0.6) is 0 Å². The van der Waals surface area contributed by atoms with Gasteiger partial charge >= 0.3 is 0 Å². The number of nitrogens with one attached hydrogen (secondary N) is 2. The highest BCUT2D eigenvalue weighted by atomic mass is 127. The number of nitrogens with zero attached hydrogens (tertiary/aromatic N) is 2. The minimum Gasteiger partial charge on any atom is -0.356 e. The summed E-state index contributed by atoms with van der Waals surface area (Å²) in [4.78, 5) is 7.08. The van der Waals surface area contributed by atoms with Gasteiger partial charge in [0.15, 0.2) is 5.96 Å². The molecule has 2 aliphatic rings. The van der Waals surface area contributed by atoms with Gasteiger partial charge in [-0.2, -0.15) is 0 Å². The molecule has 0 bridgehead atoms. The van der Waals surface area contributed by atoms with Crippen LogP contribution in [0.4, 0.5) is 0 Å². The van der Waals surface area contributed by atoms with E-state index in [9.17, 15) is 0 Å². The summed E-state index contributed by atoms with van der Waals surface area (Å²) in [5.41, 5.74) is 1.41. The zero-order chi connectivity index (χ0) is 14.5. The van der Waals surface area contributed by atoms with Gasteiger partial charge in [-0.25, -0.2) is 0 Å². The van der Waals surface area contributed by atoms with Gasteiger partial charge in [-0.05, 0) is 66.1 Å². The SMILES string of the molecule is Ic1ccc(CN2CCCC2CNC2=NCCCN2)cc1. The van der Waals surface area contributed by atoms with E-state index in [1.165, 1.54) is 28.5 Å². The highest BCUT2D eigenvalue weighted by molar-refractivity contribution is 14.1. The molecule has 0 aliphatic carbocycles. The van der Waals surface area contributed by atoms with Crippen LogP contribution in [0, 0.1) is 3.57 Å². The molecule has 2 N–H and O–H groups in total. The Hall–Kier alpha value is -0.820. The molecule has 21 heavy (non-hydrogen) atoms. The summed E-state index contributed by atoms with van der Waals surface area (Å²) in [6.45, 7) is 5.26. The van der Waals surface area contributed by atoms with Gasteiger partial charge in [0.1, 0.15) is 0 Å². The number of rotatable bonds is 4. The summed E-state index contributed by atoms with van der Waals surface area (Å²) in [5, 5.41) is 6.82. The second-order valence-electron chi connectivity index (χ2n) is 5.78. The summed E-state index contributed by atoms with van der Waals surface area (Å²) in [5.74, 6) is 0.988. The standard InChI is InChI=1S/C16H23IN4/c17-14-6-4-13(5-7-14)12-21-10-1-3-15(21)11-20-16-18-8-2-9-19-16/h4-7,15H,1-3,8-12H2,(H2,18,19,20). The number of hydrogen-bond donors (Lipinski definition) is 2. The fourth-order valence-electron chi connectivity index (χ4n) is 3.02. The van der Waals surface area contributed by atoms with Gasteiger partial charge in [-0.3, -0.25) is 9.89 Å². The lowest BCUT2D eigenvalue weighted by Crippen LogP contribution is -2.46. The topological polar surface area (TPSA) is 39.7 Å². The van der Waals surface area contributed by atoms with Crippen LogP contribution in [0.1, 0.15) is 24.8 Å². The highest BCUT2D eigenvalue weighted by Gasteiger charge is 2.24. The van der Waals surface area contributed by atoms with Crippen molar-refractivity contribution in [2.24, 2.45) is 4.99 Å². The molecule has 2 aliphatic heterocycles. The molecule has 1 saturated heterocycles. The minimum atomic E-state index is 0.621. The van der Waals surface area contributed by atoms with Crippen molar-refractivity contribution in [3.8, 4) is 0 Å². The second-order valence-corrected chi connectivity index (χ2v) is 7.03. The molecular formula is C16H23IN4. The molecule has 0 spiro atoms. The first-order valence-corrected chi connectivity index (χ1v) is 8.90. The summed E-state index contributed by atoms with van der Waals surface area (Å²) in [6, 6.07) is 9.50. The van der Waals surface area contributed by atoms with E-state index in [-0.39, 0.29) is 0 Å². The fraction of sp³-hybridized carbons (Fsp3) is 0.562. The van der Waals surface area contributed by atoms with E-state index >= 15 is 0 Å². The number of likely N-dealkylation sites (tertiary alicyclic amines) is 1. The number of benzene rings is 1. The van der Waals surface area contributed by atoms with Gasteiger partial charge in [0.2, 0.25) is 0 Å². The Kier molecular flexibility index (Phi) is 5.35. The number of guanidine groups is 1. The predicted octanol–water partition coefficient (Wildman–Crippen LogP) is 2.19. The summed E-state index contributed by atoms with van der Waals surface area (Å²) in [7, 11) is 0. The van der Waals surface area contributed by atoms with Crippen LogP contribution in [0.25, 0.3) is 0 Å². The predicted molar refractivity (Wildman–Crippen MR) is 95.5 cm³/mol. The van der Waals surface area contributed by atoms with Gasteiger partial charge in [-0.1, -0.05) is 12.1 Å². The van der Waals surface area contributed by atoms with Crippen LogP contribution in [0.2, 0.25) is 0 Å². The lowest BCUT2D eigenvalue weighted by molar-refractivity contribution is 0.245. The molecule has 5 heteroatoms. The van der Waals surface area contributed by atoms with Crippen LogP contribution < -0.4 is 10.6 Å². The zero-order valence-electron chi connectivity index (χ0n) is 12.3. The third-order valence-corrected chi connectivity index (χ3v) is 4.92. The summed E-state index contributed by atoms with van der Waals surface area (Å²) >= 11 is 2.36. The first-order valence-electron chi connectivity index (χ1n) is 7.82. The Labute approximate surface area is 140 Å². The molecule has 1 atom stereocenters. The van der Waals surface area contributed by atoms with Gasteiger partial charge in [0.05, 0.1) is 0 Å². The average molecular weight is 398 g/mol. The zero-order valence-corrected chi connectivity index (χ0v) is 14.5. The van der Waals surface area contributed by atoms with Crippen LogP contribution in [0.15, 0.2) is 29.3 Å². The van der Waals surface area contributed by atoms with Crippen LogP contribution >= 0.6 is 22.6 Å². The molecule has 0 aromatic heterocycles. The van der Waals surface area contributed by atoms with E-state index in [1.54, 1.807) is 0 Å². The van der Waals surface area contributed by atoms with Crippen LogP contribution in [-0.2, 0) is 6.54 Å². The lowest BCUT2D eigenvalue weighted by atomic mass is 10.2. The van der Waals surface area contributed by atoms with E-state index in [1.807, 2.05) is 0 Å². The maximum atomic E-state index is 4.48. The quantitative estimate of drug-likeness (QED) is 0.765.